The second kappa shape index (κ2) is 9.22. The third-order valence-electron chi connectivity index (χ3n) is 4.55. The van der Waals surface area contributed by atoms with Crippen molar-refractivity contribution in [2.24, 2.45) is 0 Å². The quantitative estimate of drug-likeness (QED) is 0.731. The summed E-state index contributed by atoms with van der Waals surface area (Å²) in [6.07, 6.45) is 0.806. The first-order chi connectivity index (χ1) is 13.1. The molecule has 0 fully saturated rings. The van der Waals surface area contributed by atoms with Crippen molar-refractivity contribution in [2.45, 2.75) is 13.0 Å². The smallest absolute Gasteiger partial charge is 0.123 e. The Morgan fingerprint density at radius 1 is 1.19 bits per heavy atom. The molecule has 2 aromatic carbocycles. The summed E-state index contributed by atoms with van der Waals surface area (Å²) >= 11 is 6.36. The maximum absolute atomic E-state index is 13.4. The first kappa shape index (κ1) is 19.7. The standard InChI is InChI=1S/C21H25ClFN3O/c1-25(13-16-6-5-7-18(23)12-16)14-17-15-26(24-20(17)10-11-27-2)21-9-4-3-8-19(21)22/h3-9,12,24H,10-11,13-15H2,1-2H3. The molecule has 0 amide bonds. The van der Waals surface area contributed by atoms with Crippen LogP contribution in [0.25, 0.3) is 0 Å². The minimum atomic E-state index is -0.201. The summed E-state index contributed by atoms with van der Waals surface area (Å²) < 4.78 is 18.7. The summed E-state index contributed by atoms with van der Waals surface area (Å²) in [6, 6.07) is 14.5. The minimum absolute atomic E-state index is 0.201. The molecular formula is C21H25ClFN3O. The lowest BCUT2D eigenvalue weighted by atomic mass is 10.1. The highest BCUT2D eigenvalue weighted by molar-refractivity contribution is 6.33. The lowest BCUT2D eigenvalue weighted by Gasteiger charge is -2.22. The molecule has 0 spiro atoms. The average Bonchev–Trinajstić information content (AvgIpc) is 3.02. The summed E-state index contributed by atoms with van der Waals surface area (Å²) in [5, 5.41) is 2.78. The topological polar surface area (TPSA) is 27.7 Å². The normalized spacial score (nSPS) is 14.2. The van der Waals surface area contributed by atoms with Gasteiger partial charge >= 0.3 is 0 Å². The molecule has 0 bridgehead atoms. The number of rotatable bonds is 8. The molecule has 27 heavy (non-hydrogen) atoms. The first-order valence-corrected chi connectivity index (χ1v) is 9.36. The van der Waals surface area contributed by atoms with Crippen LogP contribution in [0.15, 0.2) is 59.8 Å². The lowest BCUT2D eigenvalue weighted by molar-refractivity contribution is 0.200. The third-order valence-corrected chi connectivity index (χ3v) is 4.87. The second-order valence-electron chi connectivity index (χ2n) is 6.78. The maximum Gasteiger partial charge on any atom is 0.123 e. The van der Waals surface area contributed by atoms with E-state index < -0.39 is 0 Å². The van der Waals surface area contributed by atoms with E-state index >= 15 is 0 Å². The molecule has 1 aliphatic rings. The predicted octanol–water partition coefficient (Wildman–Crippen LogP) is 4.23. The third kappa shape index (κ3) is 5.22. The summed E-state index contributed by atoms with van der Waals surface area (Å²) in [4.78, 5) is 2.19. The number of hydrazine groups is 1. The Balaban J connectivity index is 1.70. The van der Waals surface area contributed by atoms with Gasteiger partial charge in [0.05, 0.1) is 23.9 Å². The zero-order valence-corrected chi connectivity index (χ0v) is 16.5. The fraction of sp³-hybridized carbons (Fsp3) is 0.333. The molecule has 2 aromatic rings. The van der Waals surface area contributed by atoms with Crippen LogP contribution >= 0.6 is 11.6 Å². The van der Waals surface area contributed by atoms with Crippen molar-refractivity contribution in [2.75, 3.05) is 38.9 Å². The largest absolute Gasteiger partial charge is 0.384 e. The van der Waals surface area contributed by atoms with Gasteiger partial charge in [-0.2, -0.15) is 0 Å². The Bertz CT molecular complexity index is 812. The number of methoxy groups -OCH3 is 1. The Kier molecular flexibility index (Phi) is 6.72. The minimum Gasteiger partial charge on any atom is -0.384 e. The molecule has 1 aliphatic heterocycles. The summed E-state index contributed by atoms with van der Waals surface area (Å²) in [5.41, 5.74) is 7.83. The number of likely N-dealkylation sites (N-methyl/N-ethyl adjacent to an activating group) is 1. The van der Waals surface area contributed by atoms with Gasteiger partial charge in [0.2, 0.25) is 0 Å². The second-order valence-corrected chi connectivity index (χ2v) is 7.18. The van der Waals surface area contributed by atoms with E-state index in [1.807, 2.05) is 37.4 Å². The number of ether oxygens (including phenoxy) is 1. The van der Waals surface area contributed by atoms with Gasteiger partial charge in [-0.25, -0.2) is 4.39 Å². The van der Waals surface area contributed by atoms with Crippen molar-refractivity contribution in [1.29, 1.82) is 0 Å². The van der Waals surface area contributed by atoms with Crippen LogP contribution in [0, 0.1) is 5.82 Å². The van der Waals surface area contributed by atoms with Gasteiger partial charge in [0.25, 0.3) is 0 Å². The number of nitrogens with one attached hydrogen (secondary N) is 1. The molecule has 0 aromatic heterocycles. The van der Waals surface area contributed by atoms with Crippen LogP contribution in [0.2, 0.25) is 5.02 Å². The molecule has 0 radical (unpaired) electrons. The fourth-order valence-corrected chi connectivity index (χ4v) is 3.53. The highest BCUT2D eigenvalue weighted by Gasteiger charge is 2.23. The molecule has 1 heterocycles. The van der Waals surface area contributed by atoms with Crippen molar-refractivity contribution >= 4 is 17.3 Å². The van der Waals surface area contributed by atoms with Gasteiger partial charge in [-0.05, 0) is 42.4 Å². The fourth-order valence-electron chi connectivity index (χ4n) is 3.29. The van der Waals surface area contributed by atoms with Crippen LogP contribution in [-0.2, 0) is 11.3 Å². The number of nitrogens with zero attached hydrogens (tertiary/aromatic N) is 2. The van der Waals surface area contributed by atoms with Crippen LogP contribution in [0.4, 0.5) is 10.1 Å². The molecule has 3 rings (SSSR count). The van der Waals surface area contributed by atoms with Crippen molar-refractivity contribution < 1.29 is 9.13 Å². The van der Waals surface area contributed by atoms with Gasteiger partial charge in [-0.15, -0.1) is 0 Å². The molecular weight excluding hydrogens is 365 g/mol. The number of anilines is 1. The highest BCUT2D eigenvalue weighted by atomic mass is 35.5. The SMILES string of the molecule is COCCC1=C(CN(C)Cc2cccc(F)c2)CN(c2ccccc2Cl)N1. The number of hydrogen-bond acceptors (Lipinski definition) is 4. The van der Waals surface area contributed by atoms with Crippen molar-refractivity contribution in [3.63, 3.8) is 0 Å². The van der Waals surface area contributed by atoms with E-state index in [1.54, 1.807) is 19.2 Å². The molecule has 0 saturated heterocycles. The summed E-state index contributed by atoms with van der Waals surface area (Å²) in [7, 11) is 3.75. The van der Waals surface area contributed by atoms with Crippen molar-refractivity contribution in [3.05, 3.63) is 76.2 Å². The van der Waals surface area contributed by atoms with Gasteiger partial charge in [0, 0.05) is 32.3 Å². The van der Waals surface area contributed by atoms with Gasteiger partial charge in [-0.3, -0.25) is 9.91 Å². The number of hydrogen-bond donors (Lipinski definition) is 1. The van der Waals surface area contributed by atoms with E-state index in [9.17, 15) is 4.39 Å². The van der Waals surface area contributed by atoms with Crippen LogP contribution in [-0.4, -0.2) is 38.8 Å². The summed E-state index contributed by atoms with van der Waals surface area (Å²) in [5.74, 6) is -0.201. The molecule has 0 aliphatic carbocycles. The molecule has 0 unspecified atom stereocenters. The van der Waals surface area contributed by atoms with Gasteiger partial charge < -0.3 is 10.2 Å². The van der Waals surface area contributed by atoms with Crippen LogP contribution in [0.5, 0.6) is 0 Å². The Hall–Kier alpha value is -2.08. The molecule has 4 nitrogen and oxygen atoms in total. The zero-order valence-electron chi connectivity index (χ0n) is 15.7. The zero-order chi connectivity index (χ0) is 19.2. The van der Waals surface area contributed by atoms with E-state index in [0.29, 0.717) is 18.2 Å². The monoisotopic (exact) mass is 389 g/mol. The van der Waals surface area contributed by atoms with Crippen molar-refractivity contribution in [1.82, 2.24) is 10.3 Å². The van der Waals surface area contributed by atoms with E-state index in [4.69, 9.17) is 16.3 Å². The van der Waals surface area contributed by atoms with E-state index in [-0.39, 0.29) is 5.82 Å². The Morgan fingerprint density at radius 2 is 2.00 bits per heavy atom. The Morgan fingerprint density at radius 3 is 2.74 bits per heavy atom. The van der Waals surface area contributed by atoms with Gasteiger partial charge in [0.1, 0.15) is 5.82 Å². The number of para-hydroxylation sites is 1. The van der Waals surface area contributed by atoms with E-state index in [0.717, 1.165) is 36.5 Å². The van der Waals surface area contributed by atoms with Crippen molar-refractivity contribution in [3.8, 4) is 0 Å². The predicted molar refractivity (Wildman–Crippen MR) is 108 cm³/mol. The molecule has 0 saturated carbocycles. The van der Waals surface area contributed by atoms with Crippen LogP contribution in [0.3, 0.4) is 0 Å². The number of benzene rings is 2. The van der Waals surface area contributed by atoms with E-state index in [1.165, 1.54) is 11.6 Å². The molecule has 0 atom stereocenters. The van der Waals surface area contributed by atoms with Crippen LogP contribution in [0.1, 0.15) is 12.0 Å². The van der Waals surface area contributed by atoms with Crippen LogP contribution < -0.4 is 10.4 Å². The Labute approximate surface area is 165 Å². The lowest BCUT2D eigenvalue weighted by Crippen LogP contribution is -2.32. The van der Waals surface area contributed by atoms with Gasteiger partial charge in [-0.1, -0.05) is 35.9 Å². The van der Waals surface area contributed by atoms with E-state index in [2.05, 4.69) is 15.3 Å². The maximum atomic E-state index is 13.4. The van der Waals surface area contributed by atoms with Gasteiger partial charge in [0.15, 0.2) is 0 Å². The highest BCUT2D eigenvalue weighted by Crippen LogP contribution is 2.29. The summed E-state index contributed by atoms with van der Waals surface area (Å²) in [6.45, 7) is 2.86. The average molecular weight is 390 g/mol. The number of halogens is 2. The molecule has 144 valence electrons. The molecule has 6 heteroatoms. The first-order valence-electron chi connectivity index (χ1n) is 8.98. The molecule has 1 N–H and O–H groups in total.